The molecule has 1 unspecified atom stereocenters. The molecule has 0 spiro atoms. The Bertz CT molecular complexity index is 409. The lowest BCUT2D eigenvalue weighted by molar-refractivity contribution is 0.152. The van der Waals surface area contributed by atoms with E-state index in [4.69, 9.17) is 0 Å². The molecule has 2 nitrogen and oxygen atoms in total. The predicted molar refractivity (Wildman–Crippen MR) is 70.2 cm³/mol. The molecule has 0 amide bonds. The molecule has 0 saturated heterocycles. The highest BCUT2D eigenvalue weighted by molar-refractivity contribution is 5.55. The van der Waals surface area contributed by atoms with Crippen molar-refractivity contribution >= 4 is 5.69 Å². The molecule has 0 saturated carbocycles. The topological polar surface area (TPSA) is 15.3 Å². The summed E-state index contributed by atoms with van der Waals surface area (Å²) in [6.07, 6.45) is -1.39. The Morgan fingerprint density at radius 1 is 1.39 bits per heavy atom. The highest BCUT2D eigenvalue weighted by Gasteiger charge is 2.30. The largest absolute Gasteiger partial charge is 0.364 e. The van der Waals surface area contributed by atoms with E-state index in [1.165, 1.54) is 0 Å². The first kappa shape index (κ1) is 13.3. The van der Waals surface area contributed by atoms with Crippen LogP contribution in [0.5, 0.6) is 0 Å². The van der Waals surface area contributed by atoms with Crippen molar-refractivity contribution < 1.29 is 8.78 Å². The van der Waals surface area contributed by atoms with Crippen LogP contribution < -0.4 is 10.2 Å². The third kappa shape index (κ3) is 2.80. The second-order valence-electron chi connectivity index (χ2n) is 5.17. The molecule has 0 radical (unpaired) electrons. The van der Waals surface area contributed by atoms with Gasteiger partial charge in [-0.05, 0) is 25.0 Å². The summed E-state index contributed by atoms with van der Waals surface area (Å²) in [5.74, 6) is 0. The monoisotopic (exact) mass is 254 g/mol. The van der Waals surface area contributed by atoms with E-state index in [-0.39, 0.29) is 12.1 Å². The van der Waals surface area contributed by atoms with E-state index < -0.39 is 6.43 Å². The van der Waals surface area contributed by atoms with Crippen LogP contribution >= 0.6 is 0 Å². The third-order valence-corrected chi connectivity index (χ3v) is 3.72. The molecule has 100 valence electrons. The van der Waals surface area contributed by atoms with Gasteiger partial charge in [-0.15, -0.1) is 0 Å². The molecule has 4 heteroatoms. The number of fused-ring (bicyclic) bond motifs is 1. The van der Waals surface area contributed by atoms with Gasteiger partial charge in [0.05, 0.1) is 6.54 Å². The molecule has 1 aromatic carbocycles. The maximum Gasteiger partial charge on any atom is 0.255 e. The van der Waals surface area contributed by atoms with Crippen LogP contribution in [0.1, 0.15) is 25.8 Å². The maximum atomic E-state index is 12.7. The molecule has 1 aromatic rings. The Labute approximate surface area is 107 Å². The highest BCUT2D eigenvalue weighted by Crippen LogP contribution is 2.28. The van der Waals surface area contributed by atoms with Gasteiger partial charge in [0.1, 0.15) is 0 Å². The average Bonchev–Trinajstić information content (AvgIpc) is 2.48. The standard InChI is InChI=1S/C14H20F2N2/c1-3-14(2)10-18(9-13(15)16)12-7-5-4-6-11(12)8-17-14/h4-7,13,17H,3,8-10H2,1-2H3. The number of anilines is 1. The number of rotatable bonds is 3. The molecule has 1 aliphatic rings. The summed E-state index contributed by atoms with van der Waals surface area (Å²) in [7, 11) is 0. The van der Waals surface area contributed by atoms with E-state index >= 15 is 0 Å². The van der Waals surface area contributed by atoms with Crippen molar-refractivity contribution in [2.24, 2.45) is 0 Å². The number of nitrogens with zero attached hydrogens (tertiary/aromatic N) is 1. The van der Waals surface area contributed by atoms with Gasteiger partial charge in [-0.2, -0.15) is 0 Å². The number of hydrogen-bond acceptors (Lipinski definition) is 2. The number of halogens is 2. The van der Waals surface area contributed by atoms with Crippen LogP contribution in [0.3, 0.4) is 0 Å². The molecule has 1 aliphatic heterocycles. The summed E-state index contributed by atoms with van der Waals surface area (Å²) in [6.45, 7) is 5.33. The van der Waals surface area contributed by atoms with Crippen molar-refractivity contribution in [1.29, 1.82) is 0 Å². The molecular weight excluding hydrogens is 234 g/mol. The number of nitrogens with one attached hydrogen (secondary N) is 1. The van der Waals surface area contributed by atoms with E-state index in [9.17, 15) is 8.78 Å². The molecule has 0 fully saturated rings. The van der Waals surface area contributed by atoms with Crippen LogP contribution in [0.15, 0.2) is 24.3 Å². The molecule has 0 aliphatic carbocycles. The molecule has 1 N–H and O–H groups in total. The lowest BCUT2D eigenvalue weighted by Crippen LogP contribution is -2.49. The number of para-hydroxylation sites is 1. The van der Waals surface area contributed by atoms with Gasteiger partial charge >= 0.3 is 0 Å². The van der Waals surface area contributed by atoms with Gasteiger partial charge in [0.15, 0.2) is 0 Å². The summed E-state index contributed by atoms with van der Waals surface area (Å²) in [5, 5.41) is 3.48. The number of benzene rings is 1. The van der Waals surface area contributed by atoms with Gasteiger partial charge in [0.2, 0.25) is 0 Å². The van der Waals surface area contributed by atoms with Gasteiger partial charge in [0.25, 0.3) is 6.43 Å². The third-order valence-electron chi connectivity index (χ3n) is 3.72. The maximum absolute atomic E-state index is 12.7. The zero-order chi connectivity index (χ0) is 13.2. The lowest BCUT2D eigenvalue weighted by Gasteiger charge is -2.34. The Balaban J connectivity index is 2.32. The Morgan fingerprint density at radius 3 is 2.78 bits per heavy atom. The molecule has 2 rings (SSSR count). The highest BCUT2D eigenvalue weighted by atomic mass is 19.3. The summed E-state index contributed by atoms with van der Waals surface area (Å²) in [6, 6.07) is 7.80. The van der Waals surface area contributed by atoms with E-state index in [1.54, 1.807) is 0 Å². The SMILES string of the molecule is CCC1(C)CN(CC(F)F)c2ccccc2CN1. The average molecular weight is 254 g/mol. The van der Waals surface area contributed by atoms with E-state index in [0.717, 1.165) is 24.2 Å². The van der Waals surface area contributed by atoms with Crippen molar-refractivity contribution in [2.45, 2.75) is 38.8 Å². The predicted octanol–water partition coefficient (Wildman–Crippen LogP) is 3.03. The fraction of sp³-hybridized carbons (Fsp3) is 0.571. The summed E-state index contributed by atoms with van der Waals surface area (Å²) in [5.41, 5.74) is 1.91. The zero-order valence-corrected chi connectivity index (χ0v) is 10.9. The number of hydrogen-bond donors (Lipinski definition) is 1. The van der Waals surface area contributed by atoms with E-state index in [1.807, 2.05) is 29.2 Å². The minimum atomic E-state index is -2.31. The molecule has 0 bridgehead atoms. The van der Waals surface area contributed by atoms with Crippen molar-refractivity contribution in [2.75, 3.05) is 18.0 Å². The van der Waals surface area contributed by atoms with Gasteiger partial charge in [-0.3, -0.25) is 0 Å². The van der Waals surface area contributed by atoms with E-state index in [0.29, 0.717) is 6.54 Å². The molecule has 1 heterocycles. The van der Waals surface area contributed by atoms with Crippen LogP contribution in [0, 0.1) is 0 Å². The van der Waals surface area contributed by atoms with Crippen LogP contribution in [0.4, 0.5) is 14.5 Å². The van der Waals surface area contributed by atoms with Gasteiger partial charge in [0, 0.05) is 24.3 Å². The smallest absolute Gasteiger partial charge is 0.255 e. The minimum Gasteiger partial charge on any atom is -0.364 e. The summed E-state index contributed by atoms with van der Waals surface area (Å²) in [4.78, 5) is 1.81. The van der Waals surface area contributed by atoms with Crippen molar-refractivity contribution in [3.8, 4) is 0 Å². The van der Waals surface area contributed by atoms with Crippen LogP contribution in [0.25, 0.3) is 0 Å². The molecule has 0 aromatic heterocycles. The van der Waals surface area contributed by atoms with Gasteiger partial charge < -0.3 is 10.2 Å². The zero-order valence-electron chi connectivity index (χ0n) is 10.9. The molecule has 1 atom stereocenters. The van der Waals surface area contributed by atoms with Gasteiger partial charge in [-0.25, -0.2) is 8.78 Å². The fourth-order valence-electron chi connectivity index (χ4n) is 2.41. The van der Waals surface area contributed by atoms with Crippen LogP contribution in [0.2, 0.25) is 0 Å². The second-order valence-corrected chi connectivity index (χ2v) is 5.17. The minimum absolute atomic E-state index is 0.117. The lowest BCUT2D eigenvalue weighted by atomic mass is 9.98. The first-order valence-electron chi connectivity index (χ1n) is 6.40. The normalized spacial score (nSPS) is 23.9. The van der Waals surface area contributed by atoms with Crippen LogP contribution in [-0.4, -0.2) is 25.1 Å². The first-order valence-corrected chi connectivity index (χ1v) is 6.40. The van der Waals surface area contributed by atoms with Crippen molar-refractivity contribution in [1.82, 2.24) is 5.32 Å². The fourth-order valence-corrected chi connectivity index (χ4v) is 2.41. The van der Waals surface area contributed by atoms with Crippen molar-refractivity contribution in [3.05, 3.63) is 29.8 Å². The van der Waals surface area contributed by atoms with Crippen LogP contribution in [-0.2, 0) is 6.54 Å². The van der Waals surface area contributed by atoms with E-state index in [2.05, 4.69) is 19.2 Å². The summed E-state index contributed by atoms with van der Waals surface area (Å²) >= 11 is 0. The Kier molecular flexibility index (Phi) is 3.85. The van der Waals surface area contributed by atoms with Crippen molar-refractivity contribution in [3.63, 3.8) is 0 Å². The van der Waals surface area contributed by atoms with Gasteiger partial charge in [-0.1, -0.05) is 25.1 Å². The first-order chi connectivity index (χ1) is 8.54. The molecule has 18 heavy (non-hydrogen) atoms. The Morgan fingerprint density at radius 2 is 2.11 bits per heavy atom. The second kappa shape index (κ2) is 5.22. The quantitative estimate of drug-likeness (QED) is 0.892. The Hall–Kier alpha value is -1.16. The molecular formula is C14H20F2N2. The number of alkyl halides is 2. The summed E-state index contributed by atoms with van der Waals surface area (Å²) < 4.78 is 25.5.